The number of esters is 1. The molecular formula is C27H25N3O8S2. The third-order valence-electron chi connectivity index (χ3n) is 7.19. The monoisotopic (exact) mass is 583 g/mol. The van der Waals surface area contributed by atoms with Gasteiger partial charge in [-0.05, 0) is 43.3 Å². The molecule has 2 aromatic heterocycles. The number of thiazole rings is 1. The maximum atomic E-state index is 13.9. The van der Waals surface area contributed by atoms with Crippen molar-refractivity contribution in [2.45, 2.75) is 29.7 Å². The fraction of sp³-hybridized carbons (Fsp3) is 0.370. The number of carbonyl (C=O) groups is 4. The highest BCUT2D eigenvalue weighted by molar-refractivity contribution is 8.00. The second kappa shape index (κ2) is 10.7. The van der Waals surface area contributed by atoms with Crippen molar-refractivity contribution in [3.05, 3.63) is 68.5 Å². The van der Waals surface area contributed by atoms with Crippen LogP contribution in [0.5, 0.6) is 0 Å². The first kappa shape index (κ1) is 26.5. The predicted molar refractivity (Wildman–Crippen MR) is 145 cm³/mol. The van der Waals surface area contributed by atoms with Crippen molar-refractivity contribution < 1.29 is 33.1 Å². The first-order chi connectivity index (χ1) is 19.4. The van der Waals surface area contributed by atoms with Gasteiger partial charge >= 0.3 is 10.8 Å². The molecule has 6 rings (SSSR count). The number of fused-ring (bicyclic) bond motifs is 2. The predicted octanol–water partition coefficient (Wildman–Crippen LogP) is 2.33. The Labute approximate surface area is 236 Å². The summed E-state index contributed by atoms with van der Waals surface area (Å²) in [6.07, 6.45) is 1.49. The number of ether oxygens (including phenoxy) is 2. The zero-order valence-electron chi connectivity index (χ0n) is 21.4. The average Bonchev–Trinajstić information content (AvgIpc) is 3.66. The third kappa shape index (κ3) is 4.47. The Morgan fingerprint density at radius 1 is 1.05 bits per heavy atom. The van der Waals surface area contributed by atoms with Crippen LogP contribution >= 0.6 is 23.1 Å². The number of amides is 3. The minimum atomic E-state index is -0.835. The van der Waals surface area contributed by atoms with Crippen molar-refractivity contribution in [1.29, 1.82) is 0 Å². The van der Waals surface area contributed by atoms with Crippen molar-refractivity contribution in [1.82, 2.24) is 9.47 Å². The minimum absolute atomic E-state index is 0.166. The van der Waals surface area contributed by atoms with Gasteiger partial charge in [-0.15, -0.1) is 0 Å². The maximum absolute atomic E-state index is 13.9. The molecule has 208 valence electrons. The van der Waals surface area contributed by atoms with E-state index < -0.39 is 34.9 Å². The Morgan fingerprint density at radius 2 is 1.80 bits per heavy atom. The van der Waals surface area contributed by atoms with Gasteiger partial charge in [0.05, 0.1) is 59.1 Å². The fourth-order valence-electron chi connectivity index (χ4n) is 5.29. The molecular weight excluding hydrogens is 558 g/mol. The molecule has 2 unspecified atom stereocenters. The molecule has 13 heteroatoms. The van der Waals surface area contributed by atoms with Crippen molar-refractivity contribution in [2.75, 3.05) is 37.8 Å². The number of morpholine rings is 1. The van der Waals surface area contributed by atoms with Gasteiger partial charge in [-0.2, -0.15) is 0 Å². The molecule has 5 heterocycles. The van der Waals surface area contributed by atoms with Gasteiger partial charge in [0.1, 0.15) is 17.6 Å². The van der Waals surface area contributed by atoms with Crippen LogP contribution in [0, 0.1) is 5.92 Å². The van der Waals surface area contributed by atoms with Gasteiger partial charge in [0.2, 0.25) is 17.7 Å². The number of imide groups is 1. The number of hydrogen-bond donors (Lipinski definition) is 0. The van der Waals surface area contributed by atoms with Gasteiger partial charge in [0, 0.05) is 13.1 Å². The Kier molecular flexibility index (Phi) is 7.11. The minimum Gasteiger partial charge on any atom is -0.469 e. The molecule has 2 saturated heterocycles. The van der Waals surface area contributed by atoms with E-state index in [2.05, 4.69) is 0 Å². The van der Waals surface area contributed by atoms with Crippen LogP contribution in [0.2, 0.25) is 0 Å². The van der Waals surface area contributed by atoms with E-state index in [0.29, 0.717) is 53.2 Å². The summed E-state index contributed by atoms with van der Waals surface area (Å²) in [5.74, 6) is -2.59. The van der Waals surface area contributed by atoms with Crippen molar-refractivity contribution in [3.63, 3.8) is 0 Å². The second-order valence-corrected chi connectivity index (χ2v) is 11.6. The molecule has 0 N–H and O–H groups in total. The number of carbonyl (C=O) groups excluding carboxylic acids is 4. The fourth-order valence-corrected chi connectivity index (χ4v) is 8.05. The number of rotatable bonds is 6. The summed E-state index contributed by atoms with van der Waals surface area (Å²) in [6.45, 7) is 3.54. The lowest BCUT2D eigenvalue weighted by Crippen LogP contribution is -2.43. The molecule has 1 aromatic carbocycles. The molecule has 3 amide bonds. The summed E-state index contributed by atoms with van der Waals surface area (Å²) in [7, 11) is 0. The van der Waals surface area contributed by atoms with Gasteiger partial charge in [0.25, 0.3) is 0 Å². The van der Waals surface area contributed by atoms with Gasteiger partial charge < -0.3 is 18.8 Å². The largest absolute Gasteiger partial charge is 0.469 e. The van der Waals surface area contributed by atoms with E-state index in [1.165, 1.54) is 23.0 Å². The van der Waals surface area contributed by atoms with E-state index in [0.717, 1.165) is 28.0 Å². The number of anilines is 1. The number of aromatic nitrogens is 1. The summed E-state index contributed by atoms with van der Waals surface area (Å²) in [5.41, 5.74) is 0.639. The summed E-state index contributed by atoms with van der Waals surface area (Å²) < 4.78 is 17.5. The zero-order chi connectivity index (χ0) is 28.0. The van der Waals surface area contributed by atoms with Crippen LogP contribution in [-0.4, -0.2) is 71.3 Å². The smallest absolute Gasteiger partial charge is 0.338 e. The number of benzene rings is 1. The lowest BCUT2D eigenvalue weighted by molar-refractivity contribution is -0.136. The molecule has 0 saturated carbocycles. The van der Waals surface area contributed by atoms with Crippen molar-refractivity contribution in [3.8, 4) is 0 Å². The first-order valence-corrected chi connectivity index (χ1v) is 14.5. The summed E-state index contributed by atoms with van der Waals surface area (Å²) in [6, 6.07) is 9.53. The average molecular weight is 584 g/mol. The van der Waals surface area contributed by atoms with Gasteiger partial charge in [-0.25, -0.2) is 9.69 Å². The van der Waals surface area contributed by atoms with E-state index in [9.17, 15) is 24.0 Å². The van der Waals surface area contributed by atoms with Crippen LogP contribution in [0.4, 0.5) is 5.69 Å². The highest BCUT2D eigenvalue weighted by atomic mass is 32.2. The molecule has 40 heavy (non-hydrogen) atoms. The summed E-state index contributed by atoms with van der Waals surface area (Å²) in [5, 5.41) is -0.335. The quantitative estimate of drug-likeness (QED) is 0.317. The highest BCUT2D eigenvalue weighted by Crippen LogP contribution is 2.53. The van der Waals surface area contributed by atoms with E-state index in [1.54, 1.807) is 36.1 Å². The van der Waals surface area contributed by atoms with E-state index >= 15 is 0 Å². The number of thioether (sulfide) groups is 1. The number of furan rings is 1. The van der Waals surface area contributed by atoms with Gasteiger partial charge in [-0.1, -0.05) is 23.1 Å². The van der Waals surface area contributed by atoms with Crippen LogP contribution in [0.1, 0.15) is 33.8 Å². The van der Waals surface area contributed by atoms with Crippen molar-refractivity contribution in [2.24, 2.45) is 5.92 Å². The Bertz CT molecular complexity index is 1520. The molecule has 11 nitrogen and oxygen atoms in total. The SMILES string of the molecule is CCOC(=O)c1ccc(N2C(=O)C3Sc4c(sc(=O)n4CC(=O)N4CCOCC4)[C@H](c4ccco4)C3C2=O)cc1. The zero-order valence-corrected chi connectivity index (χ0v) is 23.1. The van der Waals surface area contributed by atoms with E-state index in [-0.39, 0.29) is 23.9 Å². The normalized spacial score (nSPS) is 22.3. The molecule has 0 spiro atoms. The molecule has 3 aromatic rings. The van der Waals surface area contributed by atoms with Crippen LogP contribution in [0.25, 0.3) is 0 Å². The molecule has 0 bridgehead atoms. The van der Waals surface area contributed by atoms with Gasteiger partial charge in [-0.3, -0.25) is 23.7 Å². The highest BCUT2D eigenvalue weighted by Gasteiger charge is 2.57. The molecule has 3 aliphatic heterocycles. The summed E-state index contributed by atoms with van der Waals surface area (Å²) >= 11 is 2.11. The Morgan fingerprint density at radius 3 is 2.48 bits per heavy atom. The van der Waals surface area contributed by atoms with E-state index in [1.807, 2.05) is 0 Å². The maximum Gasteiger partial charge on any atom is 0.338 e. The molecule has 0 aliphatic carbocycles. The van der Waals surface area contributed by atoms with Crippen molar-refractivity contribution >= 4 is 52.5 Å². The second-order valence-electron chi connectivity index (χ2n) is 9.45. The number of hydrogen-bond acceptors (Lipinski definition) is 10. The van der Waals surface area contributed by atoms with Crippen LogP contribution < -0.4 is 9.77 Å². The molecule has 3 aliphatic rings. The van der Waals surface area contributed by atoms with Gasteiger partial charge in [0.15, 0.2) is 0 Å². The lowest BCUT2D eigenvalue weighted by atomic mass is 9.87. The van der Waals surface area contributed by atoms with E-state index in [4.69, 9.17) is 13.9 Å². The first-order valence-electron chi connectivity index (χ1n) is 12.8. The van der Waals surface area contributed by atoms with Crippen LogP contribution in [0.3, 0.4) is 0 Å². The number of nitrogens with zero attached hydrogens (tertiary/aromatic N) is 3. The Hall–Kier alpha value is -3.68. The standard InChI is InChI=1S/C27H25N3O8S2/c1-2-37-26(34)15-5-7-16(8-6-15)30-23(32)20-19(17-4-3-11-38-17)22-25(39-21(20)24(30)33)29(27(35)40-22)14-18(31)28-9-12-36-13-10-28/h3-8,11,19-21H,2,9-10,12-14H2,1H3/t19-,20?,21?/m1/s1. The topological polar surface area (TPSA) is 128 Å². The summed E-state index contributed by atoms with van der Waals surface area (Å²) in [4.78, 5) is 69.0. The Balaban J connectivity index is 1.36. The molecule has 3 atom stereocenters. The third-order valence-corrected chi connectivity index (χ3v) is 9.80. The molecule has 0 radical (unpaired) electrons. The molecule has 2 fully saturated rings. The lowest BCUT2D eigenvalue weighted by Gasteiger charge is -2.30. The van der Waals surface area contributed by atoms with Crippen LogP contribution in [-0.2, 0) is 30.4 Å². The van der Waals surface area contributed by atoms with Crippen LogP contribution in [0.15, 0.2) is 56.9 Å².